The summed E-state index contributed by atoms with van der Waals surface area (Å²) in [7, 11) is 0. The van der Waals surface area contributed by atoms with Gasteiger partial charge in [0.2, 0.25) is 0 Å². The van der Waals surface area contributed by atoms with Gasteiger partial charge in [0.25, 0.3) is 0 Å². The third kappa shape index (κ3) is 5.84. The Balaban J connectivity index is 1.95. The van der Waals surface area contributed by atoms with Gasteiger partial charge in [0, 0.05) is 25.3 Å². The van der Waals surface area contributed by atoms with Crippen molar-refractivity contribution in [3.8, 4) is 0 Å². The van der Waals surface area contributed by atoms with Crippen LogP contribution in [0.2, 0.25) is 0 Å². The fourth-order valence-corrected chi connectivity index (χ4v) is 1.46. The normalized spacial score (nSPS) is 17.5. The molecule has 1 aliphatic carbocycles. The van der Waals surface area contributed by atoms with Gasteiger partial charge in [0.1, 0.15) is 0 Å². The van der Waals surface area contributed by atoms with Crippen molar-refractivity contribution in [2.45, 2.75) is 52.5 Å². The quantitative estimate of drug-likeness (QED) is 0.609. The molecule has 0 aromatic heterocycles. The summed E-state index contributed by atoms with van der Waals surface area (Å²) in [6.07, 6.45) is 3.84. The molecule has 0 atom stereocenters. The smallest absolute Gasteiger partial charge is 0.0494 e. The zero-order valence-corrected chi connectivity index (χ0v) is 12.0. The number of nitrogens with one attached hydrogen (secondary N) is 1. The van der Waals surface area contributed by atoms with Crippen molar-refractivity contribution in [2.24, 2.45) is 17.1 Å². The molecular formula is C14H30N2O. The van der Waals surface area contributed by atoms with Gasteiger partial charge in [-0.05, 0) is 51.0 Å². The average Bonchev–Trinajstić information content (AvgIpc) is 2.98. The van der Waals surface area contributed by atoms with E-state index in [4.69, 9.17) is 10.5 Å². The van der Waals surface area contributed by atoms with E-state index in [2.05, 4.69) is 33.0 Å². The monoisotopic (exact) mass is 242 g/mol. The van der Waals surface area contributed by atoms with E-state index in [1.165, 1.54) is 12.8 Å². The number of hydrogen-bond acceptors (Lipinski definition) is 3. The maximum absolute atomic E-state index is 6.15. The first-order chi connectivity index (χ1) is 7.83. The Morgan fingerprint density at radius 2 is 1.88 bits per heavy atom. The van der Waals surface area contributed by atoms with Gasteiger partial charge in [-0.3, -0.25) is 0 Å². The summed E-state index contributed by atoms with van der Waals surface area (Å²) in [6.45, 7) is 12.4. The molecule has 0 aromatic carbocycles. The van der Waals surface area contributed by atoms with Crippen molar-refractivity contribution in [3.05, 3.63) is 0 Å². The van der Waals surface area contributed by atoms with Gasteiger partial charge in [-0.15, -0.1) is 0 Å². The third-order valence-electron chi connectivity index (χ3n) is 4.00. The van der Waals surface area contributed by atoms with Gasteiger partial charge in [-0.2, -0.15) is 0 Å². The zero-order chi connectivity index (χ0) is 12.9. The average molecular weight is 242 g/mol. The van der Waals surface area contributed by atoms with Crippen molar-refractivity contribution < 1.29 is 4.74 Å². The van der Waals surface area contributed by atoms with Gasteiger partial charge in [0.05, 0.1) is 0 Å². The van der Waals surface area contributed by atoms with E-state index in [1.807, 2.05) is 0 Å². The molecular weight excluding hydrogens is 212 g/mol. The molecule has 1 fully saturated rings. The first-order valence-corrected chi connectivity index (χ1v) is 6.90. The maximum atomic E-state index is 6.15. The van der Waals surface area contributed by atoms with Crippen LogP contribution in [0, 0.1) is 11.3 Å². The molecule has 1 aliphatic rings. The van der Waals surface area contributed by atoms with Crippen molar-refractivity contribution in [1.29, 1.82) is 0 Å². The zero-order valence-electron chi connectivity index (χ0n) is 12.0. The second-order valence-electron chi connectivity index (χ2n) is 6.65. The molecule has 0 radical (unpaired) electrons. The number of hydrogen-bond donors (Lipinski definition) is 2. The standard InChI is InChI=1S/C14H30N2O/c1-13(2,14(3,4)15)11-16-8-5-9-17-10-12-6-7-12/h12,16H,5-11,15H2,1-4H3. The lowest BCUT2D eigenvalue weighted by Crippen LogP contribution is -2.52. The summed E-state index contributed by atoms with van der Waals surface area (Å²) in [4.78, 5) is 0. The van der Waals surface area contributed by atoms with Crippen LogP contribution < -0.4 is 11.1 Å². The Labute approximate surface area is 106 Å². The molecule has 17 heavy (non-hydrogen) atoms. The number of rotatable bonds is 9. The van der Waals surface area contributed by atoms with E-state index in [-0.39, 0.29) is 11.0 Å². The molecule has 0 spiro atoms. The van der Waals surface area contributed by atoms with Crippen LogP contribution in [0.1, 0.15) is 47.0 Å². The molecule has 3 nitrogen and oxygen atoms in total. The summed E-state index contributed by atoms with van der Waals surface area (Å²) in [5.41, 5.74) is 6.11. The van der Waals surface area contributed by atoms with Crippen LogP contribution in [0.3, 0.4) is 0 Å². The Morgan fingerprint density at radius 1 is 1.24 bits per heavy atom. The van der Waals surface area contributed by atoms with E-state index in [0.717, 1.165) is 38.6 Å². The van der Waals surface area contributed by atoms with E-state index in [9.17, 15) is 0 Å². The first-order valence-electron chi connectivity index (χ1n) is 6.90. The summed E-state index contributed by atoms with van der Waals surface area (Å²) in [5, 5.41) is 3.48. The van der Waals surface area contributed by atoms with Crippen molar-refractivity contribution in [3.63, 3.8) is 0 Å². The van der Waals surface area contributed by atoms with Gasteiger partial charge in [0.15, 0.2) is 0 Å². The molecule has 0 aromatic rings. The summed E-state index contributed by atoms with van der Waals surface area (Å²) < 4.78 is 5.59. The topological polar surface area (TPSA) is 47.3 Å². The molecule has 102 valence electrons. The molecule has 3 N–H and O–H groups in total. The van der Waals surface area contributed by atoms with Gasteiger partial charge >= 0.3 is 0 Å². The molecule has 3 heteroatoms. The Bertz CT molecular complexity index is 217. The second kappa shape index (κ2) is 6.17. The second-order valence-corrected chi connectivity index (χ2v) is 6.65. The summed E-state index contributed by atoms with van der Waals surface area (Å²) >= 11 is 0. The highest BCUT2D eigenvalue weighted by Gasteiger charge is 2.32. The maximum Gasteiger partial charge on any atom is 0.0494 e. The van der Waals surface area contributed by atoms with Crippen LogP contribution in [0.15, 0.2) is 0 Å². The van der Waals surface area contributed by atoms with Crippen LogP contribution >= 0.6 is 0 Å². The minimum atomic E-state index is -0.150. The summed E-state index contributed by atoms with van der Waals surface area (Å²) in [6, 6.07) is 0. The molecule has 0 aliphatic heterocycles. The number of nitrogens with two attached hydrogens (primary N) is 1. The third-order valence-corrected chi connectivity index (χ3v) is 4.00. The SMILES string of the molecule is CC(C)(N)C(C)(C)CNCCCOCC1CC1. The Kier molecular flexibility index (Phi) is 5.42. The van der Waals surface area contributed by atoms with E-state index in [1.54, 1.807) is 0 Å². The van der Waals surface area contributed by atoms with Crippen molar-refractivity contribution >= 4 is 0 Å². The molecule has 1 saturated carbocycles. The molecule has 0 amide bonds. The van der Waals surface area contributed by atoms with Crippen LogP contribution in [0.25, 0.3) is 0 Å². The fourth-order valence-electron chi connectivity index (χ4n) is 1.46. The molecule has 1 rings (SSSR count). The van der Waals surface area contributed by atoms with Crippen LogP contribution in [0.5, 0.6) is 0 Å². The largest absolute Gasteiger partial charge is 0.381 e. The first kappa shape index (κ1) is 14.9. The van der Waals surface area contributed by atoms with E-state index in [0.29, 0.717) is 0 Å². The molecule has 0 saturated heterocycles. The lowest BCUT2D eigenvalue weighted by atomic mass is 9.75. The van der Waals surface area contributed by atoms with Crippen molar-refractivity contribution in [1.82, 2.24) is 5.32 Å². The highest BCUT2D eigenvalue weighted by atomic mass is 16.5. The van der Waals surface area contributed by atoms with Gasteiger partial charge < -0.3 is 15.8 Å². The summed E-state index contributed by atoms with van der Waals surface area (Å²) in [5.74, 6) is 0.875. The Hall–Kier alpha value is -0.120. The number of ether oxygens (including phenoxy) is 1. The highest BCUT2D eigenvalue weighted by molar-refractivity contribution is 4.91. The lowest BCUT2D eigenvalue weighted by molar-refractivity contribution is 0.120. The van der Waals surface area contributed by atoms with Gasteiger partial charge in [-0.1, -0.05) is 13.8 Å². The molecule has 0 heterocycles. The van der Waals surface area contributed by atoms with E-state index >= 15 is 0 Å². The molecule has 0 bridgehead atoms. The lowest BCUT2D eigenvalue weighted by Gasteiger charge is -2.38. The minimum absolute atomic E-state index is 0.113. The molecule has 0 unspecified atom stereocenters. The van der Waals surface area contributed by atoms with Crippen LogP contribution in [-0.2, 0) is 4.74 Å². The van der Waals surface area contributed by atoms with Crippen molar-refractivity contribution in [2.75, 3.05) is 26.3 Å². The minimum Gasteiger partial charge on any atom is -0.381 e. The van der Waals surface area contributed by atoms with Crippen LogP contribution in [0.4, 0.5) is 0 Å². The predicted molar refractivity (Wildman–Crippen MR) is 73.1 cm³/mol. The predicted octanol–water partition coefficient (Wildman–Crippen LogP) is 2.16. The van der Waals surface area contributed by atoms with E-state index < -0.39 is 0 Å². The Morgan fingerprint density at radius 3 is 2.41 bits per heavy atom. The highest BCUT2D eigenvalue weighted by Crippen LogP contribution is 2.28. The van der Waals surface area contributed by atoms with Gasteiger partial charge in [-0.25, -0.2) is 0 Å². The fraction of sp³-hybridized carbons (Fsp3) is 1.00. The van der Waals surface area contributed by atoms with Crippen LogP contribution in [-0.4, -0.2) is 31.8 Å².